The quantitative estimate of drug-likeness (QED) is 0.354. The minimum Gasteiger partial charge on any atom is -0.238 e. The number of benzene rings is 1. The van der Waals surface area contributed by atoms with Gasteiger partial charge in [-0.05, 0) is 30.0 Å². The minimum absolute atomic E-state index is 0.364. The predicted molar refractivity (Wildman–Crippen MR) is 104 cm³/mol. The summed E-state index contributed by atoms with van der Waals surface area (Å²) in [5.74, 6) is 0.364. The number of hydrogen-bond acceptors (Lipinski definition) is 6. The highest BCUT2D eigenvalue weighted by atomic mass is 32.2. The molecule has 0 bridgehead atoms. The fourth-order valence-electron chi connectivity index (χ4n) is 2.58. The first-order valence-corrected chi connectivity index (χ1v) is 10.6. The minimum atomic E-state index is -4.35. The van der Waals surface area contributed by atoms with Gasteiger partial charge in [0.05, 0.1) is 20.1 Å². The largest absolute Gasteiger partial charge is 0.416 e. The van der Waals surface area contributed by atoms with Crippen molar-refractivity contribution >= 4 is 44.7 Å². The lowest BCUT2D eigenvalue weighted by molar-refractivity contribution is -0.137. The van der Waals surface area contributed by atoms with Crippen molar-refractivity contribution < 1.29 is 13.2 Å². The lowest BCUT2D eigenvalue weighted by Crippen LogP contribution is -2.04. The Labute approximate surface area is 165 Å². The average molecular weight is 424 g/mol. The van der Waals surface area contributed by atoms with E-state index in [1.165, 1.54) is 23.9 Å². The summed E-state index contributed by atoms with van der Waals surface area (Å²) in [5, 5.41) is 12.2. The van der Waals surface area contributed by atoms with E-state index in [4.69, 9.17) is 0 Å². The van der Waals surface area contributed by atoms with E-state index in [0.717, 1.165) is 31.9 Å². The monoisotopic (exact) mass is 423 g/mol. The Kier molecular flexibility index (Phi) is 4.92. The molecule has 9 heteroatoms. The van der Waals surface area contributed by atoms with Crippen molar-refractivity contribution in [3.05, 3.63) is 57.9 Å². The van der Waals surface area contributed by atoms with Crippen molar-refractivity contribution in [1.82, 2.24) is 15.2 Å². The van der Waals surface area contributed by atoms with Crippen molar-refractivity contribution in [3.63, 3.8) is 0 Å². The molecule has 4 aromatic rings. The standard InChI is InChI=1S/C18H12F3N3S3/c1-10-22-15-16(27-10)14(13-6-3-7-25-13)23-24-17(15)26-9-11-4-2-5-12(8-11)18(19,20)21/h2-8H,9H2,1H3. The van der Waals surface area contributed by atoms with E-state index in [-0.39, 0.29) is 0 Å². The molecule has 0 saturated carbocycles. The van der Waals surface area contributed by atoms with Crippen LogP contribution in [0, 0.1) is 6.92 Å². The van der Waals surface area contributed by atoms with Crippen LogP contribution in [0.1, 0.15) is 16.1 Å². The number of thioether (sulfide) groups is 1. The highest BCUT2D eigenvalue weighted by molar-refractivity contribution is 7.98. The molecule has 0 aliphatic rings. The van der Waals surface area contributed by atoms with Crippen molar-refractivity contribution in [2.45, 2.75) is 23.9 Å². The highest BCUT2D eigenvalue weighted by Crippen LogP contribution is 2.38. The van der Waals surface area contributed by atoms with E-state index in [9.17, 15) is 13.2 Å². The number of aromatic nitrogens is 3. The SMILES string of the molecule is Cc1nc2c(SCc3cccc(C(F)(F)F)c3)nnc(-c3cccs3)c2s1. The summed E-state index contributed by atoms with van der Waals surface area (Å²) in [4.78, 5) is 5.59. The van der Waals surface area contributed by atoms with Crippen LogP contribution in [0.5, 0.6) is 0 Å². The number of thiophene rings is 1. The van der Waals surface area contributed by atoms with E-state index in [2.05, 4.69) is 15.2 Å². The van der Waals surface area contributed by atoms with Gasteiger partial charge in [0.1, 0.15) is 16.2 Å². The number of nitrogens with zero attached hydrogens (tertiary/aromatic N) is 3. The second-order valence-corrected chi connectivity index (χ2v) is 8.84. The molecule has 0 atom stereocenters. The molecule has 27 heavy (non-hydrogen) atoms. The van der Waals surface area contributed by atoms with Crippen LogP contribution in [0.2, 0.25) is 0 Å². The van der Waals surface area contributed by atoms with E-state index in [1.54, 1.807) is 28.7 Å². The molecule has 4 rings (SSSR count). The Hall–Kier alpha value is -1.97. The van der Waals surface area contributed by atoms with Crippen molar-refractivity contribution in [3.8, 4) is 10.6 Å². The summed E-state index contributed by atoms with van der Waals surface area (Å²) in [5.41, 5.74) is 1.50. The van der Waals surface area contributed by atoms with Gasteiger partial charge in [0.15, 0.2) is 0 Å². The van der Waals surface area contributed by atoms with E-state index in [0.29, 0.717) is 16.3 Å². The molecule has 0 aliphatic carbocycles. The van der Waals surface area contributed by atoms with Gasteiger partial charge < -0.3 is 0 Å². The molecular formula is C18H12F3N3S3. The van der Waals surface area contributed by atoms with Gasteiger partial charge in [-0.2, -0.15) is 13.2 Å². The predicted octanol–water partition coefficient (Wildman–Crippen LogP) is 6.43. The van der Waals surface area contributed by atoms with Gasteiger partial charge in [-0.15, -0.1) is 32.9 Å². The molecule has 3 aromatic heterocycles. The fourth-order valence-corrected chi connectivity index (χ4v) is 5.21. The number of alkyl halides is 3. The number of halogens is 3. The maximum Gasteiger partial charge on any atom is 0.416 e. The van der Waals surface area contributed by atoms with Gasteiger partial charge in [-0.1, -0.05) is 36.0 Å². The summed E-state index contributed by atoms with van der Waals surface area (Å²) < 4.78 is 39.6. The molecule has 138 valence electrons. The summed E-state index contributed by atoms with van der Waals surface area (Å²) in [6.07, 6.45) is -4.35. The Balaban J connectivity index is 1.65. The Morgan fingerprint density at radius 3 is 2.70 bits per heavy atom. The van der Waals surface area contributed by atoms with Crippen LogP contribution >= 0.6 is 34.4 Å². The molecule has 0 fully saturated rings. The number of hydrogen-bond donors (Lipinski definition) is 0. The van der Waals surface area contributed by atoms with Gasteiger partial charge in [0.25, 0.3) is 0 Å². The van der Waals surface area contributed by atoms with Crippen LogP contribution in [0.3, 0.4) is 0 Å². The molecule has 0 radical (unpaired) electrons. The van der Waals surface area contributed by atoms with Crippen LogP contribution < -0.4 is 0 Å². The second kappa shape index (κ2) is 7.21. The van der Waals surface area contributed by atoms with Crippen LogP contribution in [0.4, 0.5) is 13.2 Å². The summed E-state index contributed by atoms with van der Waals surface area (Å²) >= 11 is 4.48. The Bertz CT molecular complexity index is 1090. The molecule has 1 aromatic carbocycles. The lowest BCUT2D eigenvalue weighted by atomic mass is 10.1. The highest BCUT2D eigenvalue weighted by Gasteiger charge is 2.30. The Morgan fingerprint density at radius 1 is 1.11 bits per heavy atom. The number of thiazole rings is 1. The molecule has 3 heterocycles. The van der Waals surface area contributed by atoms with E-state index < -0.39 is 11.7 Å². The maximum atomic E-state index is 12.9. The van der Waals surface area contributed by atoms with Crippen LogP contribution in [0.15, 0.2) is 46.8 Å². The smallest absolute Gasteiger partial charge is 0.238 e. The third kappa shape index (κ3) is 3.85. The van der Waals surface area contributed by atoms with E-state index >= 15 is 0 Å². The summed E-state index contributed by atoms with van der Waals surface area (Å²) in [6.45, 7) is 1.92. The van der Waals surface area contributed by atoms with Gasteiger partial charge in [0, 0.05) is 5.75 Å². The van der Waals surface area contributed by atoms with Crippen molar-refractivity contribution in [2.75, 3.05) is 0 Å². The first-order valence-electron chi connectivity index (χ1n) is 7.88. The van der Waals surface area contributed by atoms with Crippen LogP contribution in [-0.2, 0) is 11.9 Å². The molecule has 0 aliphatic heterocycles. The Morgan fingerprint density at radius 2 is 1.96 bits per heavy atom. The molecule has 0 spiro atoms. The zero-order valence-corrected chi connectivity index (χ0v) is 16.4. The zero-order chi connectivity index (χ0) is 19.0. The number of rotatable bonds is 4. The average Bonchev–Trinajstić information content (AvgIpc) is 3.28. The third-order valence-corrected chi connectivity index (χ3v) is 6.66. The van der Waals surface area contributed by atoms with Crippen LogP contribution in [0.25, 0.3) is 20.8 Å². The van der Waals surface area contributed by atoms with E-state index in [1.807, 2.05) is 24.4 Å². The molecule has 0 N–H and O–H groups in total. The van der Waals surface area contributed by atoms with Crippen molar-refractivity contribution in [1.29, 1.82) is 0 Å². The number of fused-ring (bicyclic) bond motifs is 1. The zero-order valence-electron chi connectivity index (χ0n) is 13.9. The molecule has 0 saturated heterocycles. The second-order valence-electron chi connectivity index (χ2n) is 5.73. The first kappa shape index (κ1) is 18.4. The van der Waals surface area contributed by atoms with Gasteiger partial charge in [-0.25, -0.2) is 4.98 Å². The fraction of sp³-hybridized carbons (Fsp3) is 0.167. The normalized spacial score (nSPS) is 12.0. The molecular weight excluding hydrogens is 411 g/mol. The molecule has 3 nitrogen and oxygen atoms in total. The number of aryl methyl sites for hydroxylation is 1. The third-order valence-electron chi connectivity index (χ3n) is 3.78. The van der Waals surface area contributed by atoms with Gasteiger partial charge >= 0.3 is 6.18 Å². The van der Waals surface area contributed by atoms with Crippen LogP contribution in [-0.4, -0.2) is 15.2 Å². The van der Waals surface area contributed by atoms with Gasteiger partial charge in [0.2, 0.25) is 0 Å². The lowest BCUT2D eigenvalue weighted by Gasteiger charge is -2.08. The topological polar surface area (TPSA) is 38.7 Å². The van der Waals surface area contributed by atoms with Gasteiger partial charge in [-0.3, -0.25) is 0 Å². The van der Waals surface area contributed by atoms with Crippen molar-refractivity contribution in [2.24, 2.45) is 0 Å². The molecule has 0 unspecified atom stereocenters. The first-order chi connectivity index (χ1) is 12.9. The summed E-state index contributed by atoms with van der Waals surface area (Å²) in [7, 11) is 0. The maximum absolute atomic E-state index is 12.9. The summed E-state index contributed by atoms with van der Waals surface area (Å²) in [6, 6.07) is 9.29. The molecule has 0 amide bonds.